The van der Waals surface area contributed by atoms with Crippen LogP contribution in [0.5, 0.6) is 5.75 Å². The SMILES string of the molecule is Cc1ccc(CC(=O)N2C[C@H]3CO[C@@H](C2)C3Oc2ccc(B3OC(C)(C)C(C)(C)O3)cc2C(N)=O)cc1. The normalized spacial score (nSPS) is 25.8. The van der Waals surface area contributed by atoms with Gasteiger partial charge in [0.25, 0.3) is 5.91 Å². The molecule has 2 aromatic rings. The fourth-order valence-corrected chi connectivity index (χ4v) is 5.11. The van der Waals surface area contributed by atoms with Gasteiger partial charge >= 0.3 is 7.12 Å². The maximum absolute atomic E-state index is 13.0. The van der Waals surface area contributed by atoms with Crippen LogP contribution in [0.4, 0.5) is 0 Å². The van der Waals surface area contributed by atoms with Crippen LogP contribution in [-0.4, -0.2) is 66.9 Å². The van der Waals surface area contributed by atoms with Gasteiger partial charge in [-0.05, 0) is 57.8 Å². The minimum atomic E-state index is -0.612. The van der Waals surface area contributed by atoms with Gasteiger partial charge in [0.1, 0.15) is 18.0 Å². The molecule has 5 rings (SSSR count). The lowest BCUT2D eigenvalue weighted by Gasteiger charge is -2.36. The molecule has 0 spiro atoms. The molecule has 37 heavy (non-hydrogen) atoms. The van der Waals surface area contributed by atoms with E-state index in [1.54, 1.807) is 12.1 Å². The summed E-state index contributed by atoms with van der Waals surface area (Å²) in [5, 5.41) is 0. The number of hydrogen-bond acceptors (Lipinski definition) is 6. The largest absolute Gasteiger partial charge is 0.494 e. The van der Waals surface area contributed by atoms with E-state index in [9.17, 15) is 9.59 Å². The van der Waals surface area contributed by atoms with Crippen LogP contribution in [0.1, 0.15) is 49.2 Å². The van der Waals surface area contributed by atoms with Crippen molar-refractivity contribution in [3.05, 3.63) is 59.2 Å². The Hall–Kier alpha value is -2.88. The zero-order chi connectivity index (χ0) is 26.5. The van der Waals surface area contributed by atoms with Crippen LogP contribution >= 0.6 is 0 Å². The summed E-state index contributed by atoms with van der Waals surface area (Å²) in [6.45, 7) is 11.4. The summed E-state index contributed by atoms with van der Waals surface area (Å²) >= 11 is 0. The summed E-state index contributed by atoms with van der Waals surface area (Å²) in [5.41, 5.74) is 7.88. The van der Waals surface area contributed by atoms with Gasteiger partial charge in [0, 0.05) is 12.5 Å². The first-order valence-corrected chi connectivity index (χ1v) is 12.8. The first-order valence-electron chi connectivity index (χ1n) is 12.8. The fourth-order valence-electron chi connectivity index (χ4n) is 5.11. The molecule has 2 bridgehead atoms. The molecule has 9 heteroatoms. The molecule has 8 nitrogen and oxygen atoms in total. The molecule has 0 saturated carbocycles. The van der Waals surface area contributed by atoms with E-state index in [-0.39, 0.29) is 29.6 Å². The number of hydrogen-bond donors (Lipinski definition) is 1. The van der Waals surface area contributed by atoms with E-state index >= 15 is 0 Å². The zero-order valence-corrected chi connectivity index (χ0v) is 22.2. The van der Waals surface area contributed by atoms with Crippen LogP contribution in [0.25, 0.3) is 0 Å². The Bertz CT molecular complexity index is 1170. The minimum absolute atomic E-state index is 0.00391. The predicted octanol–water partition coefficient (Wildman–Crippen LogP) is 2.24. The number of fused-ring (bicyclic) bond motifs is 2. The minimum Gasteiger partial charge on any atom is -0.486 e. The first-order chi connectivity index (χ1) is 17.4. The second-order valence-corrected chi connectivity index (χ2v) is 11.4. The van der Waals surface area contributed by atoms with Crippen molar-refractivity contribution < 1.29 is 28.4 Å². The summed E-state index contributed by atoms with van der Waals surface area (Å²) in [6.07, 6.45) is -0.189. The molecule has 2 N–H and O–H groups in total. The third-order valence-corrected chi connectivity index (χ3v) is 8.10. The number of benzene rings is 2. The maximum Gasteiger partial charge on any atom is 0.494 e. The molecule has 3 saturated heterocycles. The highest BCUT2D eigenvalue weighted by Gasteiger charge is 2.52. The molecular formula is C28H35BN2O6. The second kappa shape index (κ2) is 9.46. The van der Waals surface area contributed by atoms with Crippen LogP contribution < -0.4 is 15.9 Å². The number of nitrogens with zero attached hydrogens (tertiary/aromatic N) is 1. The number of primary amides is 1. The van der Waals surface area contributed by atoms with Crippen molar-refractivity contribution in [3.8, 4) is 5.75 Å². The Labute approximate surface area is 218 Å². The molecule has 0 radical (unpaired) electrons. The molecule has 3 aliphatic rings. The molecule has 2 aromatic carbocycles. The topological polar surface area (TPSA) is 100 Å². The highest BCUT2D eigenvalue weighted by molar-refractivity contribution is 6.62. The lowest BCUT2D eigenvalue weighted by Crippen LogP contribution is -2.52. The molecule has 196 valence electrons. The van der Waals surface area contributed by atoms with Gasteiger partial charge in [-0.2, -0.15) is 0 Å². The average molecular weight is 506 g/mol. The van der Waals surface area contributed by atoms with Gasteiger partial charge in [-0.15, -0.1) is 0 Å². The molecule has 0 aliphatic carbocycles. The van der Waals surface area contributed by atoms with Crippen molar-refractivity contribution in [2.24, 2.45) is 11.7 Å². The van der Waals surface area contributed by atoms with E-state index in [4.69, 9.17) is 24.5 Å². The number of likely N-dealkylation sites (tertiary alicyclic amines) is 1. The van der Waals surface area contributed by atoms with Crippen LogP contribution in [0.2, 0.25) is 0 Å². The van der Waals surface area contributed by atoms with E-state index < -0.39 is 24.2 Å². The number of nitrogens with two attached hydrogens (primary N) is 1. The average Bonchev–Trinajstić information content (AvgIpc) is 3.19. The Morgan fingerprint density at radius 2 is 1.73 bits per heavy atom. The summed E-state index contributed by atoms with van der Waals surface area (Å²) in [4.78, 5) is 27.2. The second-order valence-electron chi connectivity index (χ2n) is 11.4. The van der Waals surface area contributed by atoms with Crippen molar-refractivity contribution in [1.29, 1.82) is 0 Å². The van der Waals surface area contributed by atoms with Crippen LogP contribution in [0.15, 0.2) is 42.5 Å². The van der Waals surface area contributed by atoms with Crippen molar-refractivity contribution >= 4 is 24.4 Å². The standard InChI is InChI=1S/C28H35BN2O6/c1-17-6-8-18(9-7-17)12-24(32)31-14-19-16-34-23(15-31)25(19)35-22-11-10-20(13-21(22)26(30)33)29-36-27(2,3)28(4,5)37-29/h6-11,13,19,23,25H,12,14-16H2,1-5H3,(H2,30,33)/t19-,23-,25?/m0/s1. The molecular weight excluding hydrogens is 471 g/mol. The fraction of sp³-hybridized carbons (Fsp3) is 0.500. The molecule has 3 atom stereocenters. The van der Waals surface area contributed by atoms with Crippen LogP contribution in [-0.2, 0) is 25.3 Å². The number of amides is 2. The molecule has 3 heterocycles. The quantitative estimate of drug-likeness (QED) is 0.604. The third kappa shape index (κ3) is 5.00. The van der Waals surface area contributed by atoms with Crippen molar-refractivity contribution in [2.75, 3.05) is 19.7 Å². The maximum atomic E-state index is 13.0. The van der Waals surface area contributed by atoms with E-state index in [2.05, 4.69) is 0 Å². The monoisotopic (exact) mass is 506 g/mol. The van der Waals surface area contributed by atoms with Gasteiger partial charge in [0.2, 0.25) is 5.91 Å². The number of rotatable bonds is 6. The molecule has 3 aliphatic heterocycles. The van der Waals surface area contributed by atoms with Crippen LogP contribution in [0, 0.1) is 12.8 Å². The third-order valence-electron chi connectivity index (χ3n) is 8.10. The number of carbonyl (C=O) groups excluding carboxylic acids is 2. The zero-order valence-electron chi connectivity index (χ0n) is 22.2. The number of ether oxygens (including phenoxy) is 2. The highest BCUT2D eigenvalue weighted by atomic mass is 16.7. The first kappa shape index (κ1) is 25.8. The summed E-state index contributed by atoms with van der Waals surface area (Å²) in [5.74, 6) is -0.110. The van der Waals surface area contributed by atoms with Gasteiger partial charge in [-0.1, -0.05) is 35.9 Å². The Morgan fingerprint density at radius 1 is 1.05 bits per heavy atom. The van der Waals surface area contributed by atoms with E-state index in [0.29, 0.717) is 37.3 Å². The lowest BCUT2D eigenvalue weighted by molar-refractivity contribution is -0.134. The Balaban J connectivity index is 1.28. The van der Waals surface area contributed by atoms with Crippen molar-refractivity contribution in [2.45, 2.75) is 64.4 Å². The van der Waals surface area contributed by atoms with Gasteiger partial charge in [0.05, 0.1) is 36.3 Å². The van der Waals surface area contributed by atoms with E-state index in [1.165, 1.54) is 5.56 Å². The van der Waals surface area contributed by atoms with E-state index in [0.717, 1.165) is 5.56 Å². The van der Waals surface area contributed by atoms with Gasteiger partial charge in [-0.25, -0.2) is 0 Å². The summed E-state index contributed by atoms with van der Waals surface area (Å²) in [6, 6.07) is 13.3. The molecule has 3 fully saturated rings. The van der Waals surface area contributed by atoms with Gasteiger partial charge < -0.3 is 29.4 Å². The predicted molar refractivity (Wildman–Crippen MR) is 140 cm³/mol. The smallest absolute Gasteiger partial charge is 0.486 e. The highest BCUT2D eigenvalue weighted by Crippen LogP contribution is 2.37. The van der Waals surface area contributed by atoms with E-state index in [1.807, 2.05) is 69.9 Å². The number of piperidine rings is 1. The van der Waals surface area contributed by atoms with Crippen molar-refractivity contribution in [1.82, 2.24) is 4.90 Å². The van der Waals surface area contributed by atoms with Crippen LogP contribution in [0.3, 0.4) is 0 Å². The molecule has 2 amide bonds. The Morgan fingerprint density at radius 3 is 2.35 bits per heavy atom. The summed E-state index contributed by atoms with van der Waals surface area (Å²) < 4.78 is 24.6. The molecule has 1 unspecified atom stereocenters. The summed E-state index contributed by atoms with van der Waals surface area (Å²) in [7, 11) is -0.612. The van der Waals surface area contributed by atoms with Gasteiger partial charge in [0.15, 0.2) is 0 Å². The van der Waals surface area contributed by atoms with Crippen molar-refractivity contribution in [3.63, 3.8) is 0 Å². The molecule has 0 aromatic heterocycles. The Kier molecular flexibility index (Phi) is 6.58. The number of carbonyl (C=O) groups is 2. The van der Waals surface area contributed by atoms with Gasteiger partial charge in [-0.3, -0.25) is 9.59 Å². The lowest BCUT2D eigenvalue weighted by atomic mass is 9.78. The number of aryl methyl sites for hydroxylation is 1.